The fourth-order valence-corrected chi connectivity index (χ4v) is 3.45. The summed E-state index contributed by atoms with van der Waals surface area (Å²) in [6.07, 6.45) is 2.86. The monoisotopic (exact) mass is 313 g/mol. The smallest absolute Gasteiger partial charge is 0.153 e. The first-order valence-electron chi connectivity index (χ1n) is 8.33. The fourth-order valence-electron chi connectivity index (χ4n) is 3.45. The van der Waals surface area contributed by atoms with Gasteiger partial charge in [-0.15, -0.1) is 0 Å². The van der Waals surface area contributed by atoms with Crippen LogP contribution in [0.3, 0.4) is 0 Å². The predicted molar refractivity (Wildman–Crippen MR) is 92.5 cm³/mol. The van der Waals surface area contributed by atoms with Crippen molar-refractivity contribution in [1.29, 1.82) is 0 Å². The third kappa shape index (κ3) is 3.16. The molecule has 0 radical (unpaired) electrons. The minimum absolute atomic E-state index is 0.164. The van der Waals surface area contributed by atoms with Crippen molar-refractivity contribution in [3.8, 4) is 5.82 Å². The maximum Gasteiger partial charge on any atom is 0.153 e. The van der Waals surface area contributed by atoms with Gasteiger partial charge in [0.25, 0.3) is 0 Å². The molecule has 0 spiro atoms. The number of nitrogens with two attached hydrogens (primary N) is 1. The molecule has 0 bridgehead atoms. The van der Waals surface area contributed by atoms with Gasteiger partial charge in [0.05, 0.1) is 5.69 Å². The first-order chi connectivity index (χ1) is 10.9. The first-order valence-corrected chi connectivity index (χ1v) is 8.33. The van der Waals surface area contributed by atoms with E-state index in [-0.39, 0.29) is 11.5 Å². The minimum Gasteiger partial charge on any atom is -0.327 e. The molecule has 0 saturated carbocycles. The lowest BCUT2D eigenvalue weighted by Crippen LogP contribution is -2.52. The van der Waals surface area contributed by atoms with Crippen LogP contribution in [0.15, 0.2) is 24.4 Å². The number of likely N-dealkylation sites (tertiary alicyclic amines) is 1. The number of nitrogens with zero attached hydrogens (tertiary/aromatic N) is 4. The normalized spacial score (nSPS) is 21.5. The maximum atomic E-state index is 6.26. The molecule has 2 aromatic rings. The van der Waals surface area contributed by atoms with Crippen LogP contribution in [0.25, 0.3) is 5.82 Å². The average molecular weight is 313 g/mol. The zero-order valence-corrected chi connectivity index (χ0v) is 14.6. The summed E-state index contributed by atoms with van der Waals surface area (Å²) in [5, 5.41) is 4.70. The highest BCUT2D eigenvalue weighted by molar-refractivity contribution is 5.32. The molecule has 0 aliphatic carbocycles. The Hall–Kier alpha value is -1.72. The van der Waals surface area contributed by atoms with Gasteiger partial charge in [-0.3, -0.25) is 4.90 Å². The number of rotatable bonds is 3. The van der Waals surface area contributed by atoms with E-state index in [0.717, 1.165) is 37.6 Å². The summed E-state index contributed by atoms with van der Waals surface area (Å²) in [4.78, 5) is 6.92. The molecule has 3 heterocycles. The summed E-state index contributed by atoms with van der Waals surface area (Å²) in [6, 6.07) is 6.20. The van der Waals surface area contributed by atoms with Crippen molar-refractivity contribution >= 4 is 0 Å². The van der Waals surface area contributed by atoms with Crippen LogP contribution < -0.4 is 5.73 Å². The molecule has 5 nitrogen and oxygen atoms in total. The van der Waals surface area contributed by atoms with Crippen LogP contribution in [-0.2, 0) is 6.54 Å². The van der Waals surface area contributed by atoms with Gasteiger partial charge in [0.15, 0.2) is 5.82 Å². The van der Waals surface area contributed by atoms with Gasteiger partial charge in [0.1, 0.15) is 0 Å². The van der Waals surface area contributed by atoms with E-state index >= 15 is 0 Å². The minimum atomic E-state index is 0.164. The lowest BCUT2D eigenvalue weighted by Gasteiger charge is -2.42. The van der Waals surface area contributed by atoms with E-state index < -0.39 is 0 Å². The van der Waals surface area contributed by atoms with Crippen LogP contribution in [0.4, 0.5) is 0 Å². The third-order valence-corrected chi connectivity index (χ3v) is 5.08. The van der Waals surface area contributed by atoms with Crippen molar-refractivity contribution in [3.63, 3.8) is 0 Å². The molecule has 5 heteroatoms. The Morgan fingerprint density at radius 3 is 2.74 bits per heavy atom. The Morgan fingerprint density at radius 2 is 2.09 bits per heavy atom. The van der Waals surface area contributed by atoms with Gasteiger partial charge in [-0.1, -0.05) is 19.9 Å². The summed E-state index contributed by atoms with van der Waals surface area (Å²) in [5.74, 6) is 0.875. The Labute approximate surface area is 138 Å². The number of piperidine rings is 1. The zero-order chi connectivity index (χ0) is 16.6. The van der Waals surface area contributed by atoms with E-state index in [1.165, 1.54) is 11.3 Å². The summed E-state index contributed by atoms with van der Waals surface area (Å²) in [5.41, 5.74) is 9.99. The molecular formula is C18H27N5. The summed E-state index contributed by atoms with van der Waals surface area (Å²) < 4.78 is 1.95. The fraction of sp³-hybridized carbons (Fsp3) is 0.556. The molecule has 1 fully saturated rings. The largest absolute Gasteiger partial charge is 0.327 e. The molecular weight excluding hydrogens is 286 g/mol. The van der Waals surface area contributed by atoms with E-state index in [1.54, 1.807) is 6.20 Å². The predicted octanol–water partition coefficient (Wildman–Crippen LogP) is 2.44. The summed E-state index contributed by atoms with van der Waals surface area (Å²) >= 11 is 0. The molecule has 0 aromatic carbocycles. The molecule has 124 valence electrons. The van der Waals surface area contributed by atoms with Crippen molar-refractivity contribution in [1.82, 2.24) is 19.7 Å². The second kappa shape index (κ2) is 6.06. The van der Waals surface area contributed by atoms with Crippen molar-refractivity contribution in [2.45, 2.75) is 46.7 Å². The standard InChI is InChI=1S/C18H27N5/c1-13-15(11-22-10-8-16(19)18(3,4)12-22)14(2)23(21-13)17-7-5-6-9-20-17/h5-7,9,16H,8,10-12,19H2,1-4H3. The van der Waals surface area contributed by atoms with Crippen LogP contribution in [0.5, 0.6) is 0 Å². The van der Waals surface area contributed by atoms with Crippen molar-refractivity contribution in [2.24, 2.45) is 11.1 Å². The number of hydrogen-bond donors (Lipinski definition) is 1. The molecule has 1 unspecified atom stereocenters. The average Bonchev–Trinajstić information content (AvgIpc) is 2.80. The first kappa shape index (κ1) is 16.1. The van der Waals surface area contributed by atoms with Gasteiger partial charge >= 0.3 is 0 Å². The zero-order valence-electron chi connectivity index (χ0n) is 14.6. The molecule has 2 aromatic heterocycles. The van der Waals surface area contributed by atoms with Crippen molar-refractivity contribution in [2.75, 3.05) is 13.1 Å². The van der Waals surface area contributed by atoms with Crippen molar-refractivity contribution in [3.05, 3.63) is 41.3 Å². The van der Waals surface area contributed by atoms with E-state index in [2.05, 4.69) is 37.6 Å². The van der Waals surface area contributed by atoms with Gasteiger partial charge < -0.3 is 5.73 Å². The number of hydrogen-bond acceptors (Lipinski definition) is 4. The Bertz CT molecular complexity index is 674. The molecule has 23 heavy (non-hydrogen) atoms. The van der Waals surface area contributed by atoms with E-state index in [9.17, 15) is 0 Å². The highest BCUT2D eigenvalue weighted by Crippen LogP contribution is 2.29. The van der Waals surface area contributed by atoms with E-state index in [0.29, 0.717) is 0 Å². The highest BCUT2D eigenvalue weighted by atomic mass is 15.3. The quantitative estimate of drug-likeness (QED) is 0.945. The molecule has 1 atom stereocenters. The molecule has 1 saturated heterocycles. The van der Waals surface area contributed by atoms with E-state index in [1.807, 2.05) is 22.9 Å². The van der Waals surface area contributed by atoms with Crippen LogP contribution >= 0.6 is 0 Å². The molecule has 2 N–H and O–H groups in total. The third-order valence-electron chi connectivity index (χ3n) is 5.08. The van der Waals surface area contributed by atoms with Gasteiger partial charge in [-0.2, -0.15) is 5.10 Å². The number of aryl methyl sites for hydroxylation is 1. The number of pyridine rings is 1. The van der Waals surface area contributed by atoms with Crippen LogP contribution in [-0.4, -0.2) is 38.8 Å². The molecule has 1 aliphatic heterocycles. The second-order valence-corrected chi connectivity index (χ2v) is 7.34. The molecule has 3 rings (SSSR count). The molecule has 1 aliphatic rings. The summed E-state index contributed by atoms with van der Waals surface area (Å²) in [6.45, 7) is 11.8. The number of aromatic nitrogens is 3. The van der Waals surface area contributed by atoms with Crippen LogP contribution in [0, 0.1) is 19.3 Å². The molecule has 0 amide bonds. The Kier molecular flexibility index (Phi) is 4.25. The van der Waals surface area contributed by atoms with Crippen LogP contribution in [0.1, 0.15) is 37.2 Å². The van der Waals surface area contributed by atoms with Gasteiger partial charge in [0.2, 0.25) is 0 Å². The Morgan fingerprint density at radius 1 is 1.30 bits per heavy atom. The second-order valence-electron chi connectivity index (χ2n) is 7.34. The SMILES string of the molecule is Cc1nn(-c2ccccn2)c(C)c1CN1CCC(N)C(C)(C)C1. The topological polar surface area (TPSA) is 60.0 Å². The Balaban J connectivity index is 1.83. The van der Waals surface area contributed by atoms with Gasteiger partial charge in [-0.25, -0.2) is 9.67 Å². The van der Waals surface area contributed by atoms with Crippen molar-refractivity contribution < 1.29 is 0 Å². The summed E-state index contributed by atoms with van der Waals surface area (Å²) in [7, 11) is 0. The van der Waals surface area contributed by atoms with Gasteiger partial charge in [0, 0.05) is 43.1 Å². The van der Waals surface area contributed by atoms with E-state index in [4.69, 9.17) is 10.8 Å². The lowest BCUT2D eigenvalue weighted by atomic mass is 9.79. The van der Waals surface area contributed by atoms with Crippen LogP contribution in [0.2, 0.25) is 0 Å². The maximum absolute atomic E-state index is 6.26. The highest BCUT2D eigenvalue weighted by Gasteiger charge is 2.33. The lowest BCUT2D eigenvalue weighted by molar-refractivity contribution is 0.0896. The van der Waals surface area contributed by atoms with Gasteiger partial charge in [-0.05, 0) is 37.8 Å².